The van der Waals surface area contributed by atoms with Crippen molar-refractivity contribution < 1.29 is 38.7 Å². The lowest BCUT2D eigenvalue weighted by atomic mass is 10.0. The molecule has 0 bridgehead atoms. The van der Waals surface area contributed by atoms with E-state index in [9.17, 15) is 4.79 Å². The van der Waals surface area contributed by atoms with Crippen LogP contribution in [0.5, 0.6) is 0 Å². The van der Waals surface area contributed by atoms with Gasteiger partial charge in [0.15, 0.2) is 0 Å². The molecule has 38 heavy (non-hydrogen) atoms. The fraction of sp³-hybridized carbons (Fsp3) is 0.633. The Morgan fingerprint density at radius 1 is 0.632 bits per heavy atom. The molecule has 0 heterocycles. The van der Waals surface area contributed by atoms with E-state index in [-0.39, 0.29) is 12.2 Å². The van der Waals surface area contributed by atoms with Crippen LogP contribution >= 0.6 is 0 Å². The molecule has 0 aromatic heterocycles. The van der Waals surface area contributed by atoms with Crippen molar-refractivity contribution in [3.05, 3.63) is 62.1 Å². The zero-order valence-electron chi connectivity index (χ0n) is 23.4. The van der Waals surface area contributed by atoms with Crippen molar-refractivity contribution in [1.82, 2.24) is 0 Å². The molecular formula is C30H50O8. The van der Waals surface area contributed by atoms with Crippen molar-refractivity contribution in [2.45, 2.75) is 110 Å². The summed E-state index contributed by atoms with van der Waals surface area (Å²) >= 11 is 0. The van der Waals surface area contributed by atoms with Gasteiger partial charge in [-0.05, 0) is 12.3 Å². The summed E-state index contributed by atoms with van der Waals surface area (Å²) in [7, 11) is 0. The number of hydrogen-bond acceptors (Lipinski definition) is 7. The van der Waals surface area contributed by atoms with Crippen LogP contribution in [0.3, 0.4) is 0 Å². The van der Waals surface area contributed by atoms with Crippen molar-refractivity contribution in [2.75, 3.05) is 6.61 Å². The number of aliphatic hydroxyl groups excluding tert-OH is 1. The van der Waals surface area contributed by atoms with E-state index in [0.29, 0.717) is 6.61 Å². The topological polar surface area (TPSA) is 104 Å². The molecule has 0 aliphatic carbocycles. The van der Waals surface area contributed by atoms with Crippen LogP contribution in [0, 0.1) is 5.92 Å². The predicted octanol–water partition coefficient (Wildman–Crippen LogP) is 8.95. The smallest absolute Gasteiger partial charge is 0.311 e. The molecule has 2 N–H and O–H groups in total. The number of ether oxygens (including phenoxy) is 5. The average molecular weight is 539 g/mol. The highest BCUT2D eigenvalue weighted by Crippen LogP contribution is 2.14. The Morgan fingerprint density at radius 2 is 1.05 bits per heavy atom. The largest absolute Gasteiger partial charge is 0.512 e. The standard InChI is InChI=1S/C30H50O8/c1-28(2)16-14-12-10-8-6-4-3-5-7-9-11-13-15-18-38-29(26-30(32)33)27-37-25-24-36-23-22-35-21-20-34-19-17-31/h17,19-25,27-28,31H,3-16,18,26H2,1-2H3,(H,32,33). The summed E-state index contributed by atoms with van der Waals surface area (Å²) in [6.07, 6.45) is 28.3. The maximum atomic E-state index is 11.0. The first-order valence-corrected chi connectivity index (χ1v) is 14.0. The van der Waals surface area contributed by atoms with Gasteiger partial charge in [0.25, 0.3) is 0 Å². The van der Waals surface area contributed by atoms with E-state index in [0.717, 1.165) is 31.3 Å². The van der Waals surface area contributed by atoms with Crippen molar-refractivity contribution in [1.29, 1.82) is 0 Å². The second-order valence-electron chi connectivity index (χ2n) is 9.43. The molecule has 8 nitrogen and oxygen atoms in total. The number of unbranched alkanes of at least 4 members (excludes halogenated alkanes) is 12. The first-order valence-electron chi connectivity index (χ1n) is 14.0. The third-order valence-electron chi connectivity index (χ3n) is 5.52. The second kappa shape index (κ2) is 28.5. The van der Waals surface area contributed by atoms with E-state index in [4.69, 9.17) is 29.2 Å². The Bertz CT molecular complexity index is 680. The molecular weight excluding hydrogens is 488 g/mol. The van der Waals surface area contributed by atoms with Crippen molar-refractivity contribution in [3.63, 3.8) is 0 Å². The minimum atomic E-state index is -0.988. The third kappa shape index (κ3) is 29.2. The molecule has 8 heteroatoms. The molecule has 0 aromatic carbocycles. The van der Waals surface area contributed by atoms with Crippen LogP contribution in [-0.2, 0) is 28.5 Å². The number of hydrogen-bond donors (Lipinski definition) is 2. The number of carbonyl (C=O) groups is 1. The van der Waals surface area contributed by atoms with E-state index in [1.165, 1.54) is 121 Å². The number of carboxylic acids is 1. The van der Waals surface area contributed by atoms with Gasteiger partial charge in [0, 0.05) is 0 Å². The summed E-state index contributed by atoms with van der Waals surface area (Å²) in [5.74, 6) is 0.104. The van der Waals surface area contributed by atoms with E-state index in [2.05, 4.69) is 18.6 Å². The summed E-state index contributed by atoms with van der Waals surface area (Å²) in [6, 6.07) is 0. The highest BCUT2D eigenvalue weighted by Gasteiger charge is 2.06. The van der Waals surface area contributed by atoms with Gasteiger partial charge in [-0.2, -0.15) is 0 Å². The lowest BCUT2D eigenvalue weighted by molar-refractivity contribution is -0.137. The van der Waals surface area contributed by atoms with Crippen LogP contribution in [0.4, 0.5) is 0 Å². The highest BCUT2D eigenvalue weighted by atomic mass is 16.5. The Kier molecular flexibility index (Phi) is 26.3. The van der Waals surface area contributed by atoms with Gasteiger partial charge in [0.1, 0.15) is 68.5 Å². The molecule has 0 amide bonds. The summed E-state index contributed by atoms with van der Waals surface area (Å²) < 4.78 is 25.3. The monoisotopic (exact) mass is 538 g/mol. The molecule has 0 rings (SSSR count). The van der Waals surface area contributed by atoms with E-state index < -0.39 is 5.97 Å². The minimum absolute atomic E-state index is 0.250. The fourth-order valence-corrected chi connectivity index (χ4v) is 3.56. The van der Waals surface area contributed by atoms with Gasteiger partial charge in [-0.15, -0.1) is 0 Å². The van der Waals surface area contributed by atoms with Crippen LogP contribution in [-0.4, -0.2) is 22.8 Å². The Labute approximate surface area is 229 Å². The second-order valence-corrected chi connectivity index (χ2v) is 9.43. The van der Waals surface area contributed by atoms with E-state index in [1.807, 2.05) is 0 Å². The highest BCUT2D eigenvalue weighted by molar-refractivity contribution is 5.69. The predicted molar refractivity (Wildman–Crippen MR) is 149 cm³/mol. The molecule has 0 saturated heterocycles. The maximum absolute atomic E-state index is 11.0. The Morgan fingerprint density at radius 3 is 1.50 bits per heavy atom. The van der Waals surface area contributed by atoms with Gasteiger partial charge >= 0.3 is 5.97 Å². The number of aliphatic hydroxyl groups is 1. The van der Waals surface area contributed by atoms with Gasteiger partial charge < -0.3 is 33.9 Å². The molecule has 0 radical (unpaired) electrons. The molecule has 0 aliphatic rings. The van der Waals surface area contributed by atoms with Crippen LogP contribution < -0.4 is 0 Å². The van der Waals surface area contributed by atoms with Gasteiger partial charge in [0.2, 0.25) is 0 Å². The molecule has 0 unspecified atom stereocenters. The summed E-state index contributed by atoms with van der Waals surface area (Å²) in [6.45, 7) is 5.07. The van der Waals surface area contributed by atoms with Crippen molar-refractivity contribution in [2.24, 2.45) is 5.92 Å². The zero-order valence-corrected chi connectivity index (χ0v) is 23.4. The molecule has 218 valence electrons. The van der Waals surface area contributed by atoms with Crippen molar-refractivity contribution in [3.8, 4) is 0 Å². The molecule has 0 saturated carbocycles. The zero-order chi connectivity index (χ0) is 27.9. The summed E-state index contributed by atoms with van der Waals surface area (Å²) in [4.78, 5) is 11.0. The first kappa shape index (κ1) is 35.0. The molecule has 0 spiro atoms. The lowest BCUT2D eigenvalue weighted by Gasteiger charge is -2.08. The third-order valence-corrected chi connectivity index (χ3v) is 5.52. The van der Waals surface area contributed by atoms with Crippen molar-refractivity contribution >= 4 is 5.97 Å². The lowest BCUT2D eigenvalue weighted by Crippen LogP contribution is -2.03. The maximum Gasteiger partial charge on any atom is 0.311 e. The number of carboxylic acid groups (broad SMARTS) is 1. The van der Waals surface area contributed by atoms with Gasteiger partial charge in [-0.3, -0.25) is 4.79 Å². The van der Waals surface area contributed by atoms with Gasteiger partial charge in [0.05, 0.1) is 6.61 Å². The molecule has 0 aliphatic heterocycles. The fourth-order valence-electron chi connectivity index (χ4n) is 3.56. The molecule has 0 atom stereocenters. The summed E-state index contributed by atoms with van der Waals surface area (Å²) in [5, 5.41) is 17.4. The Balaban J connectivity index is 3.74. The van der Waals surface area contributed by atoms with Crippen LogP contribution in [0.15, 0.2) is 62.1 Å². The van der Waals surface area contributed by atoms with Gasteiger partial charge in [-0.25, -0.2) is 0 Å². The number of aliphatic carboxylic acids is 1. The minimum Gasteiger partial charge on any atom is -0.512 e. The quantitative estimate of drug-likeness (QED) is 0.0789. The molecule has 0 fully saturated rings. The summed E-state index contributed by atoms with van der Waals surface area (Å²) in [5.41, 5.74) is 0. The molecule has 0 aromatic rings. The average Bonchev–Trinajstić information content (AvgIpc) is 2.88. The first-order chi connectivity index (χ1) is 18.6. The Hall–Kier alpha value is -3.03. The normalized spacial score (nSPS) is 12.3. The van der Waals surface area contributed by atoms with Crippen LogP contribution in [0.1, 0.15) is 110 Å². The number of rotatable bonds is 27. The SMILES string of the molecule is CC(C)CCCCCCCCCCCCCCCOC(=COC=COC=COC=COC=CO)CC(=O)O. The van der Waals surface area contributed by atoms with Gasteiger partial charge in [-0.1, -0.05) is 97.3 Å². The van der Waals surface area contributed by atoms with E-state index >= 15 is 0 Å². The van der Waals surface area contributed by atoms with Crippen LogP contribution in [0.2, 0.25) is 0 Å². The van der Waals surface area contributed by atoms with Crippen LogP contribution in [0.25, 0.3) is 0 Å². The van der Waals surface area contributed by atoms with E-state index in [1.54, 1.807) is 0 Å².